The first-order valence-corrected chi connectivity index (χ1v) is 12.5. The maximum Gasteiger partial charge on any atom is 0.342 e. The summed E-state index contributed by atoms with van der Waals surface area (Å²) in [4.78, 5) is 16.0. The van der Waals surface area contributed by atoms with Gasteiger partial charge in [0.15, 0.2) is 5.60 Å². The fraction of sp³-hybridized carbons (Fsp3) is 0.167. The molecule has 0 atom stereocenters. The molecule has 0 aliphatic carbocycles. The molecule has 36 heavy (non-hydrogen) atoms. The summed E-state index contributed by atoms with van der Waals surface area (Å²) in [5.41, 5.74) is 4.13. The van der Waals surface area contributed by atoms with Crippen molar-refractivity contribution in [2.45, 2.75) is 19.4 Å². The molecule has 6 heteroatoms. The lowest BCUT2D eigenvalue weighted by atomic mass is 9.77. The molecule has 0 saturated heterocycles. The van der Waals surface area contributed by atoms with E-state index in [2.05, 4.69) is 30.1 Å². The summed E-state index contributed by atoms with van der Waals surface area (Å²) < 4.78 is 12.7. The van der Waals surface area contributed by atoms with E-state index < -0.39 is 11.6 Å². The highest BCUT2D eigenvalue weighted by Gasteiger charge is 2.54. The number of carbonyl (C=O) groups is 1. The van der Waals surface area contributed by atoms with Gasteiger partial charge in [0.2, 0.25) is 0 Å². The Kier molecular flexibility index (Phi) is 5.38. The number of ether oxygens (including phenoxy) is 2. The Balaban J connectivity index is 1.67. The van der Waals surface area contributed by atoms with Crippen LogP contribution in [0.4, 0.5) is 17.1 Å². The highest BCUT2D eigenvalue weighted by Crippen LogP contribution is 2.57. The van der Waals surface area contributed by atoms with Crippen molar-refractivity contribution in [1.29, 1.82) is 0 Å². The minimum absolute atomic E-state index is 0.392. The van der Waals surface area contributed by atoms with E-state index in [-0.39, 0.29) is 0 Å². The van der Waals surface area contributed by atoms with Crippen LogP contribution in [0.3, 0.4) is 0 Å². The van der Waals surface area contributed by atoms with Gasteiger partial charge in [0.25, 0.3) is 0 Å². The molecule has 1 spiro atoms. The number of halogens is 1. The van der Waals surface area contributed by atoms with Gasteiger partial charge in [-0.3, -0.25) is 0 Å². The predicted octanol–water partition coefficient (Wildman–Crippen LogP) is 7.50. The fourth-order valence-corrected chi connectivity index (χ4v) is 5.49. The quantitative estimate of drug-likeness (QED) is 0.290. The van der Waals surface area contributed by atoms with Gasteiger partial charge in [0, 0.05) is 35.5 Å². The molecule has 0 radical (unpaired) electrons. The van der Waals surface area contributed by atoms with E-state index in [9.17, 15) is 4.79 Å². The minimum Gasteiger partial charge on any atom is -0.456 e. The lowest BCUT2D eigenvalue weighted by Crippen LogP contribution is -2.33. The SMILES string of the molecule is CCN(CC)c1cc(Nc2ccccc2Cl)c2c(c1)C1(OC2=O)c2ccccc2Oc2ccccc21. The zero-order valence-corrected chi connectivity index (χ0v) is 20.8. The number of rotatable bonds is 5. The lowest BCUT2D eigenvalue weighted by Gasteiger charge is -2.36. The Bertz CT molecular complexity index is 1450. The van der Waals surface area contributed by atoms with Crippen LogP contribution in [-0.4, -0.2) is 19.1 Å². The van der Waals surface area contributed by atoms with Crippen molar-refractivity contribution in [3.8, 4) is 11.5 Å². The lowest BCUT2D eigenvalue weighted by molar-refractivity contribution is 0.0225. The summed E-state index contributed by atoms with van der Waals surface area (Å²) in [6.07, 6.45) is 0. The van der Waals surface area contributed by atoms with E-state index in [0.29, 0.717) is 27.8 Å². The van der Waals surface area contributed by atoms with Gasteiger partial charge in [0.1, 0.15) is 11.5 Å². The highest BCUT2D eigenvalue weighted by molar-refractivity contribution is 6.33. The zero-order valence-electron chi connectivity index (χ0n) is 20.0. The number of hydrogen-bond donors (Lipinski definition) is 1. The molecule has 1 N–H and O–H groups in total. The summed E-state index contributed by atoms with van der Waals surface area (Å²) in [5.74, 6) is 0.952. The summed E-state index contributed by atoms with van der Waals surface area (Å²) in [6, 6.07) is 27.1. The van der Waals surface area contributed by atoms with Gasteiger partial charge in [-0.2, -0.15) is 0 Å². The van der Waals surface area contributed by atoms with Crippen molar-refractivity contribution >= 4 is 34.6 Å². The molecule has 0 aromatic heterocycles. The summed E-state index contributed by atoms with van der Waals surface area (Å²) in [7, 11) is 0. The number of benzene rings is 4. The van der Waals surface area contributed by atoms with Gasteiger partial charge >= 0.3 is 5.97 Å². The molecule has 0 amide bonds. The van der Waals surface area contributed by atoms with Crippen molar-refractivity contribution in [2.24, 2.45) is 0 Å². The third-order valence-corrected chi connectivity index (χ3v) is 7.31. The van der Waals surface area contributed by atoms with Gasteiger partial charge < -0.3 is 19.7 Å². The maximum atomic E-state index is 13.7. The van der Waals surface area contributed by atoms with Gasteiger partial charge in [-0.15, -0.1) is 0 Å². The molecule has 2 aliphatic heterocycles. The van der Waals surface area contributed by atoms with Crippen molar-refractivity contribution in [3.05, 3.63) is 112 Å². The molecule has 4 aromatic rings. The van der Waals surface area contributed by atoms with Crippen LogP contribution in [0.1, 0.15) is 40.9 Å². The van der Waals surface area contributed by atoms with Crippen LogP contribution in [-0.2, 0) is 10.3 Å². The predicted molar refractivity (Wildman–Crippen MR) is 143 cm³/mol. The van der Waals surface area contributed by atoms with Crippen molar-refractivity contribution in [2.75, 3.05) is 23.3 Å². The third-order valence-electron chi connectivity index (χ3n) is 6.98. The van der Waals surface area contributed by atoms with Gasteiger partial charge in [-0.1, -0.05) is 60.1 Å². The number of nitrogens with one attached hydrogen (secondary N) is 1. The first kappa shape index (κ1) is 22.5. The largest absolute Gasteiger partial charge is 0.456 e. The van der Waals surface area contributed by atoms with E-state index >= 15 is 0 Å². The van der Waals surface area contributed by atoms with Crippen LogP contribution in [0, 0.1) is 0 Å². The average molecular weight is 497 g/mol. The molecule has 2 aliphatic rings. The fourth-order valence-electron chi connectivity index (χ4n) is 5.30. The second kappa shape index (κ2) is 8.61. The average Bonchev–Trinajstić information content (AvgIpc) is 3.19. The van der Waals surface area contributed by atoms with Crippen molar-refractivity contribution in [3.63, 3.8) is 0 Å². The topological polar surface area (TPSA) is 50.8 Å². The molecule has 0 unspecified atom stereocenters. The van der Waals surface area contributed by atoms with E-state index in [1.807, 2.05) is 78.9 Å². The number of carbonyl (C=O) groups excluding carboxylic acids is 1. The number of anilines is 3. The number of esters is 1. The number of para-hydroxylation sites is 3. The molecular formula is C30H25ClN2O3. The van der Waals surface area contributed by atoms with E-state index in [1.54, 1.807) is 0 Å². The van der Waals surface area contributed by atoms with Crippen LogP contribution in [0.15, 0.2) is 84.9 Å². The molecule has 6 rings (SSSR count). The van der Waals surface area contributed by atoms with Crippen LogP contribution >= 0.6 is 11.6 Å². The normalized spacial score (nSPS) is 14.4. The molecule has 4 aromatic carbocycles. The van der Waals surface area contributed by atoms with Crippen molar-refractivity contribution < 1.29 is 14.3 Å². The second-order valence-corrected chi connectivity index (χ2v) is 9.27. The third kappa shape index (κ3) is 3.27. The second-order valence-electron chi connectivity index (χ2n) is 8.86. The Hall–Kier alpha value is -3.96. The van der Waals surface area contributed by atoms with Crippen LogP contribution < -0.4 is 15.0 Å². The summed E-state index contributed by atoms with van der Waals surface area (Å²) in [5, 5.41) is 4.00. The molecule has 0 fully saturated rings. The molecule has 2 heterocycles. The first-order chi connectivity index (χ1) is 17.6. The smallest absolute Gasteiger partial charge is 0.342 e. The zero-order chi connectivity index (χ0) is 24.9. The van der Waals surface area contributed by atoms with Crippen LogP contribution in [0.5, 0.6) is 11.5 Å². The summed E-state index contributed by atoms with van der Waals surface area (Å²) >= 11 is 6.49. The number of fused-ring (bicyclic) bond motifs is 6. The minimum atomic E-state index is -1.13. The van der Waals surface area contributed by atoms with Gasteiger partial charge in [-0.05, 0) is 50.2 Å². The molecule has 180 valence electrons. The van der Waals surface area contributed by atoms with Gasteiger partial charge in [-0.25, -0.2) is 4.79 Å². The molecular weight excluding hydrogens is 472 g/mol. The molecule has 0 saturated carbocycles. The maximum absolute atomic E-state index is 13.7. The van der Waals surface area contributed by atoms with Crippen LogP contribution in [0.25, 0.3) is 0 Å². The molecule has 0 bridgehead atoms. The van der Waals surface area contributed by atoms with E-state index in [4.69, 9.17) is 21.1 Å². The Labute approximate surface area is 215 Å². The molecule has 5 nitrogen and oxygen atoms in total. The van der Waals surface area contributed by atoms with Crippen molar-refractivity contribution in [1.82, 2.24) is 0 Å². The first-order valence-electron chi connectivity index (χ1n) is 12.1. The Morgan fingerprint density at radius 2 is 1.42 bits per heavy atom. The standard InChI is InChI=1S/C30H25ClN2O3/c1-3-33(4-2)19-17-22-28(25(18-19)32-24-14-8-7-13-23(24)31)29(34)36-30(22)20-11-5-9-15-26(20)35-27-16-10-6-12-21(27)30/h5-18,32H,3-4H2,1-2H3. The van der Waals surface area contributed by atoms with E-state index in [1.165, 1.54) is 0 Å². The number of hydrogen-bond acceptors (Lipinski definition) is 5. The van der Waals surface area contributed by atoms with Gasteiger partial charge in [0.05, 0.1) is 22.0 Å². The summed E-state index contributed by atoms with van der Waals surface area (Å²) in [6.45, 7) is 5.88. The Morgan fingerprint density at radius 1 is 0.806 bits per heavy atom. The highest BCUT2D eigenvalue weighted by atomic mass is 35.5. The Morgan fingerprint density at radius 3 is 2.06 bits per heavy atom. The van der Waals surface area contributed by atoms with Crippen LogP contribution in [0.2, 0.25) is 5.02 Å². The van der Waals surface area contributed by atoms with E-state index in [0.717, 1.165) is 41.2 Å². The monoisotopic (exact) mass is 496 g/mol. The number of nitrogens with zero attached hydrogens (tertiary/aromatic N) is 1.